The third-order valence-corrected chi connectivity index (χ3v) is 6.16. The third kappa shape index (κ3) is 7.05. The third-order valence-electron chi connectivity index (χ3n) is 6.16. The molecule has 1 aliphatic heterocycles. The lowest BCUT2D eigenvalue weighted by Crippen LogP contribution is -2.34. The maximum Gasteiger partial charge on any atom is 0.412 e. The first-order chi connectivity index (χ1) is 17.9. The lowest BCUT2D eigenvalue weighted by atomic mass is 9.92. The van der Waals surface area contributed by atoms with E-state index in [1.165, 1.54) is 6.08 Å². The molecule has 0 atom stereocenters. The number of aromatic nitrogens is 2. The van der Waals surface area contributed by atoms with E-state index in [4.69, 9.17) is 9.15 Å². The predicted molar refractivity (Wildman–Crippen MR) is 136 cm³/mol. The largest absolute Gasteiger partial charge is 0.493 e. The Hall–Kier alpha value is -3.95. The Morgan fingerprint density at radius 3 is 2.54 bits per heavy atom. The maximum absolute atomic E-state index is 14.2. The predicted octanol–water partition coefficient (Wildman–Crippen LogP) is 6.13. The molecule has 196 valence electrons. The van der Waals surface area contributed by atoms with E-state index in [0.29, 0.717) is 18.5 Å². The Labute approximate surface area is 214 Å². The van der Waals surface area contributed by atoms with Crippen LogP contribution in [0.5, 0.6) is 5.75 Å². The van der Waals surface area contributed by atoms with Crippen molar-refractivity contribution >= 4 is 17.7 Å². The molecule has 8 nitrogen and oxygen atoms in total. The summed E-state index contributed by atoms with van der Waals surface area (Å²) >= 11 is 0. The Morgan fingerprint density at radius 1 is 1.22 bits per heavy atom. The molecule has 1 amide bonds. The highest BCUT2D eigenvalue weighted by atomic mass is 19.1. The molecular weight excluding hydrogens is 482 g/mol. The van der Waals surface area contributed by atoms with Crippen LogP contribution in [0.15, 0.2) is 53.7 Å². The Balaban J connectivity index is 1.18. The van der Waals surface area contributed by atoms with E-state index in [9.17, 15) is 13.6 Å². The second-order valence-corrected chi connectivity index (χ2v) is 8.88. The van der Waals surface area contributed by atoms with E-state index in [2.05, 4.69) is 26.2 Å². The van der Waals surface area contributed by atoms with E-state index >= 15 is 0 Å². The summed E-state index contributed by atoms with van der Waals surface area (Å²) in [7, 11) is 0. The number of amides is 1. The highest BCUT2D eigenvalue weighted by Gasteiger charge is 2.21. The molecule has 1 saturated heterocycles. The van der Waals surface area contributed by atoms with E-state index in [-0.39, 0.29) is 12.4 Å². The van der Waals surface area contributed by atoms with E-state index < -0.39 is 23.4 Å². The van der Waals surface area contributed by atoms with E-state index in [1.54, 1.807) is 12.4 Å². The molecule has 4 rings (SSSR count). The summed E-state index contributed by atoms with van der Waals surface area (Å²) in [6, 6.07) is 5.91. The topological polar surface area (TPSA) is 89.7 Å². The molecule has 0 spiro atoms. The molecule has 0 saturated carbocycles. The lowest BCUT2D eigenvalue weighted by Gasteiger charge is -2.32. The van der Waals surface area contributed by atoms with Crippen LogP contribution in [0.25, 0.3) is 11.3 Å². The van der Waals surface area contributed by atoms with Crippen molar-refractivity contribution in [2.45, 2.75) is 32.6 Å². The molecule has 0 unspecified atom stereocenters. The quantitative estimate of drug-likeness (QED) is 0.258. The summed E-state index contributed by atoms with van der Waals surface area (Å²) in [6.45, 7) is 7.30. The van der Waals surface area contributed by atoms with Gasteiger partial charge in [-0.05, 0) is 50.7 Å². The minimum absolute atomic E-state index is 0.0670. The number of furan rings is 1. The SMILES string of the molecule is C=CCOC(=O)Nc1c(F)cc(OCCCC2CCN(c3ncc(-c4ccc(C)o4)cn3)CC2)cc1F. The number of piperidine rings is 1. The molecule has 0 aliphatic carbocycles. The zero-order valence-electron chi connectivity index (χ0n) is 20.7. The molecule has 2 aromatic heterocycles. The van der Waals surface area contributed by atoms with Crippen LogP contribution < -0.4 is 15.0 Å². The fraction of sp³-hybridized carbons (Fsp3) is 0.370. The maximum atomic E-state index is 14.2. The van der Waals surface area contributed by atoms with Gasteiger partial charge in [0.25, 0.3) is 0 Å². The zero-order valence-corrected chi connectivity index (χ0v) is 20.7. The lowest BCUT2D eigenvalue weighted by molar-refractivity contribution is 0.174. The molecule has 1 fully saturated rings. The summed E-state index contributed by atoms with van der Waals surface area (Å²) in [5.41, 5.74) is 0.270. The van der Waals surface area contributed by atoms with Gasteiger partial charge in [0.1, 0.15) is 29.6 Å². The van der Waals surface area contributed by atoms with Crippen LogP contribution >= 0.6 is 0 Å². The number of halogens is 2. The standard InChI is InChI=1S/C27H30F2N4O4/c1-3-12-36-27(34)32-25-22(28)14-21(15-23(25)29)35-13-4-5-19-8-10-33(11-9-19)26-30-16-20(17-31-26)24-7-6-18(2)37-24/h3,6-7,14-17,19H,1,4-5,8-13H2,2H3,(H,32,34). The molecule has 37 heavy (non-hydrogen) atoms. The van der Waals surface area contributed by atoms with Gasteiger partial charge in [0.2, 0.25) is 5.95 Å². The Kier molecular flexibility index (Phi) is 8.71. The zero-order chi connectivity index (χ0) is 26.2. The van der Waals surface area contributed by atoms with Crippen molar-refractivity contribution in [1.29, 1.82) is 0 Å². The number of anilines is 2. The fourth-order valence-corrected chi connectivity index (χ4v) is 4.21. The fourth-order valence-electron chi connectivity index (χ4n) is 4.21. The summed E-state index contributed by atoms with van der Waals surface area (Å²) < 4.78 is 44.4. The Morgan fingerprint density at radius 2 is 1.92 bits per heavy atom. The van der Waals surface area contributed by atoms with Crippen molar-refractivity contribution in [3.63, 3.8) is 0 Å². The second-order valence-electron chi connectivity index (χ2n) is 8.88. The van der Waals surface area contributed by atoms with Crippen molar-refractivity contribution in [1.82, 2.24) is 9.97 Å². The molecule has 0 bridgehead atoms. The number of hydrogen-bond acceptors (Lipinski definition) is 7. The smallest absolute Gasteiger partial charge is 0.412 e. The summed E-state index contributed by atoms with van der Waals surface area (Å²) in [5, 5.41) is 2.05. The first-order valence-corrected chi connectivity index (χ1v) is 12.2. The first-order valence-electron chi connectivity index (χ1n) is 12.2. The van der Waals surface area contributed by atoms with Gasteiger partial charge in [0, 0.05) is 37.6 Å². The molecule has 1 aliphatic rings. The van der Waals surface area contributed by atoms with Crippen molar-refractivity contribution in [3.8, 4) is 17.1 Å². The number of ether oxygens (including phenoxy) is 2. The van der Waals surface area contributed by atoms with Gasteiger partial charge >= 0.3 is 6.09 Å². The minimum atomic E-state index is -0.968. The van der Waals surface area contributed by atoms with Gasteiger partial charge in [0.05, 0.1) is 12.2 Å². The Bertz CT molecular complexity index is 1180. The molecule has 10 heteroatoms. The molecule has 1 aromatic carbocycles. The number of hydrogen-bond donors (Lipinski definition) is 1. The van der Waals surface area contributed by atoms with Crippen LogP contribution in [0.4, 0.5) is 25.2 Å². The second kappa shape index (κ2) is 12.3. The average molecular weight is 513 g/mol. The number of rotatable bonds is 10. The van der Waals surface area contributed by atoms with Crippen molar-refractivity contribution in [3.05, 3.63) is 66.7 Å². The van der Waals surface area contributed by atoms with Crippen LogP contribution in [-0.2, 0) is 4.74 Å². The molecule has 0 radical (unpaired) electrons. The summed E-state index contributed by atoms with van der Waals surface area (Å²) in [4.78, 5) is 22.7. The highest BCUT2D eigenvalue weighted by Crippen LogP contribution is 2.28. The van der Waals surface area contributed by atoms with Crippen LogP contribution in [0.1, 0.15) is 31.4 Å². The van der Waals surface area contributed by atoms with Crippen LogP contribution in [-0.4, -0.2) is 42.4 Å². The van der Waals surface area contributed by atoms with Gasteiger partial charge in [-0.15, -0.1) is 0 Å². The summed E-state index contributed by atoms with van der Waals surface area (Å²) in [5.74, 6) is 1.04. The van der Waals surface area contributed by atoms with Crippen molar-refractivity contribution < 1.29 is 27.5 Å². The molecule has 3 heterocycles. The van der Waals surface area contributed by atoms with E-state index in [1.807, 2.05) is 24.4 Å². The number of nitrogens with one attached hydrogen (secondary N) is 1. The van der Waals surface area contributed by atoms with Gasteiger partial charge < -0.3 is 18.8 Å². The monoisotopic (exact) mass is 512 g/mol. The summed E-state index contributed by atoms with van der Waals surface area (Å²) in [6.07, 6.45) is 7.68. The van der Waals surface area contributed by atoms with Crippen molar-refractivity contribution in [2.75, 3.05) is 36.5 Å². The normalized spacial score (nSPS) is 13.9. The molecular formula is C27H30F2N4O4. The number of carbonyl (C=O) groups is 1. The minimum Gasteiger partial charge on any atom is -0.493 e. The van der Waals surface area contributed by atoms with Gasteiger partial charge in [-0.3, -0.25) is 5.32 Å². The van der Waals surface area contributed by atoms with Crippen LogP contribution in [0, 0.1) is 24.5 Å². The first kappa shape index (κ1) is 26.1. The van der Waals surface area contributed by atoms with Gasteiger partial charge in [-0.2, -0.15) is 0 Å². The van der Waals surface area contributed by atoms with Crippen LogP contribution in [0.2, 0.25) is 0 Å². The van der Waals surface area contributed by atoms with E-state index in [0.717, 1.165) is 68.0 Å². The van der Waals surface area contributed by atoms with Crippen molar-refractivity contribution in [2.24, 2.45) is 5.92 Å². The molecule has 1 N–H and O–H groups in total. The van der Waals surface area contributed by atoms with Crippen LogP contribution in [0.3, 0.4) is 0 Å². The van der Waals surface area contributed by atoms with Gasteiger partial charge in [-0.1, -0.05) is 12.7 Å². The number of nitrogens with zero attached hydrogens (tertiary/aromatic N) is 3. The van der Waals surface area contributed by atoms with Gasteiger partial charge in [0.15, 0.2) is 11.6 Å². The van der Waals surface area contributed by atoms with Gasteiger partial charge in [-0.25, -0.2) is 23.5 Å². The molecule has 3 aromatic rings. The average Bonchev–Trinajstić information content (AvgIpc) is 3.34. The highest BCUT2D eigenvalue weighted by molar-refractivity contribution is 5.85. The number of carbonyl (C=O) groups excluding carboxylic acids is 1. The number of benzene rings is 1. The number of aryl methyl sites for hydroxylation is 1.